The van der Waals surface area contributed by atoms with Crippen molar-refractivity contribution in [2.45, 2.75) is 36.0 Å². The molecule has 0 aliphatic heterocycles. The average molecular weight is 329 g/mol. The lowest BCUT2D eigenvalue weighted by Crippen LogP contribution is -2.43. The molecule has 1 aliphatic rings. The Morgan fingerprint density at radius 1 is 1.27 bits per heavy atom. The van der Waals surface area contributed by atoms with Gasteiger partial charge in [-0.25, -0.2) is 4.39 Å². The smallest absolute Gasteiger partial charge is 0.221 e. The molecule has 1 aliphatic carbocycles. The van der Waals surface area contributed by atoms with Crippen molar-refractivity contribution in [2.75, 3.05) is 12.4 Å². The molecule has 0 heterocycles. The van der Waals surface area contributed by atoms with Crippen molar-refractivity contribution in [3.8, 4) is 0 Å². The first-order valence-corrected chi connectivity index (χ1v) is 8.14. The summed E-state index contributed by atoms with van der Waals surface area (Å²) in [6, 6.07) is 5.51. The van der Waals surface area contributed by atoms with Gasteiger partial charge in [0.25, 0.3) is 0 Å². The summed E-state index contributed by atoms with van der Waals surface area (Å²) < 4.78 is 12.8. The number of amides is 1. The molecule has 1 fully saturated rings. The molecule has 4 N–H and O–H groups in total. The second-order valence-electron chi connectivity index (χ2n) is 5.39. The molecule has 1 amide bonds. The zero-order valence-corrected chi connectivity index (χ0v) is 12.8. The Hall–Kier alpha value is -1.15. The molecule has 4 atom stereocenters. The van der Waals surface area contributed by atoms with E-state index in [1.165, 1.54) is 23.9 Å². The van der Waals surface area contributed by atoms with Crippen LogP contribution in [0.5, 0.6) is 0 Å². The predicted octanol–water partition coefficient (Wildman–Crippen LogP) is 0.527. The largest absolute Gasteiger partial charge is 0.396 e. The van der Waals surface area contributed by atoms with Gasteiger partial charge in [0.1, 0.15) is 11.9 Å². The molecular formula is C15H20FNO4S. The quantitative estimate of drug-likeness (QED) is 0.572. The first-order valence-electron chi connectivity index (χ1n) is 7.16. The standard InChI is InChI=1S/C15H20FNO4S/c16-10-1-3-11(4-2-10)22-6-5-13(19)17-12-7-9(8-18)14(20)15(12)21/h1-4,9,12,14-15,18,20-21H,5-8H2,(H,17,19)/t9-,12-,14-,15+/m0/s1. The molecular weight excluding hydrogens is 309 g/mol. The fourth-order valence-corrected chi connectivity index (χ4v) is 3.37. The van der Waals surface area contributed by atoms with Crippen molar-refractivity contribution in [1.82, 2.24) is 5.32 Å². The van der Waals surface area contributed by atoms with E-state index in [-0.39, 0.29) is 24.8 Å². The first kappa shape index (κ1) is 17.2. The lowest BCUT2D eigenvalue weighted by Gasteiger charge is -2.18. The van der Waals surface area contributed by atoms with Crippen LogP contribution in [0.1, 0.15) is 12.8 Å². The van der Waals surface area contributed by atoms with Crippen LogP contribution in [0, 0.1) is 11.7 Å². The molecule has 0 unspecified atom stereocenters. The number of nitrogens with one attached hydrogen (secondary N) is 1. The van der Waals surface area contributed by atoms with Gasteiger partial charge in [-0.3, -0.25) is 4.79 Å². The number of hydrogen-bond acceptors (Lipinski definition) is 5. The van der Waals surface area contributed by atoms with Gasteiger partial charge in [-0.1, -0.05) is 0 Å². The van der Waals surface area contributed by atoms with Gasteiger partial charge < -0.3 is 20.6 Å². The normalized spacial score (nSPS) is 27.8. The summed E-state index contributed by atoms with van der Waals surface area (Å²) in [5.74, 6) is -0.389. The number of carbonyl (C=O) groups is 1. The number of carbonyl (C=O) groups excluding carboxylic acids is 1. The van der Waals surface area contributed by atoms with Crippen molar-refractivity contribution in [1.29, 1.82) is 0 Å². The van der Waals surface area contributed by atoms with Gasteiger partial charge in [0.2, 0.25) is 5.91 Å². The Kier molecular flexibility index (Phi) is 6.19. The van der Waals surface area contributed by atoms with E-state index < -0.39 is 24.2 Å². The Morgan fingerprint density at radius 3 is 2.55 bits per heavy atom. The molecule has 5 nitrogen and oxygen atoms in total. The van der Waals surface area contributed by atoms with E-state index in [9.17, 15) is 19.4 Å². The highest BCUT2D eigenvalue weighted by atomic mass is 32.2. The molecule has 1 aromatic rings. The number of rotatable bonds is 6. The van der Waals surface area contributed by atoms with Crippen LogP contribution in [0.2, 0.25) is 0 Å². The van der Waals surface area contributed by atoms with E-state index in [0.717, 1.165) is 4.90 Å². The third-order valence-corrected chi connectivity index (χ3v) is 4.81. The van der Waals surface area contributed by atoms with Gasteiger partial charge in [0, 0.05) is 29.6 Å². The Bertz CT molecular complexity index is 499. The molecule has 0 saturated heterocycles. The van der Waals surface area contributed by atoms with Crippen molar-refractivity contribution < 1.29 is 24.5 Å². The van der Waals surface area contributed by atoms with Crippen LogP contribution >= 0.6 is 11.8 Å². The van der Waals surface area contributed by atoms with Crippen LogP contribution in [-0.4, -0.2) is 51.8 Å². The first-order chi connectivity index (χ1) is 10.5. The predicted molar refractivity (Wildman–Crippen MR) is 80.9 cm³/mol. The van der Waals surface area contributed by atoms with E-state index in [2.05, 4.69) is 5.32 Å². The molecule has 1 aromatic carbocycles. The van der Waals surface area contributed by atoms with Crippen molar-refractivity contribution in [3.05, 3.63) is 30.1 Å². The number of benzene rings is 1. The summed E-state index contributed by atoms with van der Waals surface area (Å²) in [5, 5.41) is 31.3. The monoisotopic (exact) mass is 329 g/mol. The van der Waals surface area contributed by atoms with Crippen LogP contribution in [0.15, 0.2) is 29.2 Å². The lowest BCUT2D eigenvalue weighted by molar-refractivity contribution is -0.122. The minimum absolute atomic E-state index is 0.217. The van der Waals surface area contributed by atoms with Crippen LogP contribution in [0.25, 0.3) is 0 Å². The molecule has 2 rings (SSSR count). The van der Waals surface area contributed by atoms with E-state index in [4.69, 9.17) is 5.11 Å². The molecule has 0 spiro atoms. The molecule has 122 valence electrons. The van der Waals surface area contributed by atoms with E-state index in [0.29, 0.717) is 12.2 Å². The van der Waals surface area contributed by atoms with Crippen molar-refractivity contribution in [3.63, 3.8) is 0 Å². The van der Waals surface area contributed by atoms with Gasteiger partial charge >= 0.3 is 0 Å². The second-order valence-corrected chi connectivity index (χ2v) is 6.55. The maximum absolute atomic E-state index is 12.8. The molecule has 0 bridgehead atoms. The summed E-state index contributed by atoms with van der Waals surface area (Å²) in [6.07, 6.45) is -1.45. The summed E-state index contributed by atoms with van der Waals surface area (Å²) in [4.78, 5) is 12.7. The molecule has 1 saturated carbocycles. The average Bonchev–Trinajstić information content (AvgIpc) is 2.77. The van der Waals surface area contributed by atoms with E-state index in [1.807, 2.05) is 0 Å². The molecule has 0 aromatic heterocycles. The minimum Gasteiger partial charge on any atom is -0.396 e. The number of aliphatic hydroxyl groups excluding tert-OH is 3. The SMILES string of the molecule is O=C(CCSc1ccc(F)cc1)N[C@H]1C[C@@H](CO)[C@H](O)[C@@H]1O. The zero-order chi connectivity index (χ0) is 16.1. The minimum atomic E-state index is -1.05. The highest BCUT2D eigenvalue weighted by molar-refractivity contribution is 7.99. The summed E-state index contributed by atoms with van der Waals surface area (Å²) >= 11 is 1.44. The lowest BCUT2D eigenvalue weighted by atomic mass is 10.1. The molecule has 22 heavy (non-hydrogen) atoms. The summed E-state index contributed by atoms with van der Waals surface area (Å²) in [7, 11) is 0. The fourth-order valence-electron chi connectivity index (χ4n) is 2.52. The zero-order valence-electron chi connectivity index (χ0n) is 12.0. The number of aliphatic hydroxyl groups is 3. The number of halogens is 1. The third kappa shape index (κ3) is 4.42. The van der Waals surface area contributed by atoms with Gasteiger partial charge in [0.05, 0.1) is 12.1 Å². The fraction of sp³-hybridized carbons (Fsp3) is 0.533. The van der Waals surface area contributed by atoms with Crippen LogP contribution in [-0.2, 0) is 4.79 Å². The summed E-state index contributed by atoms with van der Waals surface area (Å²) in [6.45, 7) is -0.217. The maximum Gasteiger partial charge on any atom is 0.221 e. The van der Waals surface area contributed by atoms with Gasteiger partial charge in [-0.05, 0) is 30.7 Å². The number of hydrogen-bond donors (Lipinski definition) is 4. The summed E-state index contributed by atoms with van der Waals surface area (Å²) in [5.41, 5.74) is 0. The van der Waals surface area contributed by atoms with Gasteiger partial charge in [-0.15, -0.1) is 11.8 Å². The number of thioether (sulfide) groups is 1. The van der Waals surface area contributed by atoms with E-state index in [1.54, 1.807) is 12.1 Å². The highest BCUT2D eigenvalue weighted by Crippen LogP contribution is 2.26. The maximum atomic E-state index is 12.8. The molecule has 0 radical (unpaired) electrons. The topological polar surface area (TPSA) is 89.8 Å². The van der Waals surface area contributed by atoms with Crippen LogP contribution < -0.4 is 5.32 Å². The Labute approximate surface area is 132 Å². The van der Waals surface area contributed by atoms with Crippen molar-refractivity contribution >= 4 is 17.7 Å². The molecule has 7 heteroatoms. The highest BCUT2D eigenvalue weighted by Gasteiger charge is 2.41. The van der Waals surface area contributed by atoms with Crippen molar-refractivity contribution in [2.24, 2.45) is 5.92 Å². The third-order valence-electron chi connectivity index (χ3n) is 3.79. The van der Waals surface area contributed by atoms with Crippen LogP contribution in [0.4, 0.5) is 4.39 Å². The van der Waals surface area contributed by atoms with E-state index >= 15 is 0 Å². The van der Waals surface area contributed by atoms with Crippen LogP contribution in [0.3, 0.4) is 0 Å². The van der Waals surface area contributed by atoms with Gasteiger partial charge in [-0.2, -0.15) is 0 Å². The van der Waals surface area contributed by atoms with Gasteiger partial charge in [0.15, 0.2) is 0 Å². The Morgan fingerprint density at radius 2 is 1.95 bits per heavy atom. The Balaban J connectivity index is 1.73. The second kappa shape index (κ2) is 7.92.